The van der Waals surface area contributed by atoms with Crippen LogP contribution in [-0.2, 0) is 11.3 Å². The van der Waals surface area contributed by atoms with E-state index in [4.69, 9.17) is 4.74 Å². The molecule has 2 heterocycles. The molecule has 30 heavy (non-hydrogen) atoms. The average Bonchev–Trinajstić information content (AvgIpc) is 3.00. The third kappa shape index (κ3) is 3.75. The molecule has 8 heteroatoms. The van der Waals surface area contributed by atoms with Crippen LogP contribution in [0.3, 0.4) is 0 Å². The number of alkyl halides is 2. The number of benzene rings is 1. The molecule has 4 rings (SSSR count). The molecule has 162 valence electrons. The van der Waals surface area contributed by atoms with Crippen LogP contribution in [-0.4, -0.2) is 41.1 Å². The van der Waals surface area contributed by atoms with Crippen molar-refractivity contribution in [3.8, 4) is 17.1 Å². The number of aromatic nitrogens is 2. The topological polar surface area (TPSA) is 59.4 Å². The fourth-order valence-electron chi connectivity index (χ4n) is 4.07. The van der Waals surface area contributed by atoms with E-state index in [2.05, 4.69) is 10.3 Å². The zero-order valence-corrected chi connectivity index (χ0v) is 17.4. The Labute approximate surface area is 175 Å². The van der Waals surface area contributed by atoms with Gasteiger partial charge in [-0.15, -0.1) is 0 Å². The smallest absolute Gasteiger partial charge is 0.259 e. The minimum absolute atomic E-state index is 0.171. The molecule has 0 saturated heterocycles. The molecule has 1 aliphatic carbocycles. The number of ether oxygens (including phenoxy) is 1. The second kappa shape index (κ2) is 8.62. The van der Waals surface area contributed by atoms with E-state index in [0.29, 0.717) is 30.5 Å². The Morgan fingerprint density at radius 1 is 1.37 bits per heavy atom. The number of nitrogens with one attached hydrogen (secondary N) is 1. The lowest BCUT2D eigenvalue weighted by Crippen LogP contribution is -2.48. The zero-order chi connectivity index (χ0) is 21.3. The van der Waals surface area contributed by atoms with Gasteiger partial charge in [0.15, 0.2) is 5.82 Å². The number of amides is 1. The average molecular weight is 418 g/mol. The number of hydrogen-bond donors (Lipinski definition) is 1. The largest absolute Gasteiger partial charge is 0.491 e. The van der Waals surface area contributed by atoms with Crippen LogP contribution in [0.5, 0.6) is 5.75 Å². The van der Waals surface area contributed by atoms with Crippen molar-refractivity contribution in [1.82, 2.24) is 9.55 Å². The van der Waals surface area contributed by atoms with Crippen molar-refractivity contribution in [3.63, 3.8) is 0 Å². The lowest BCUT2D eigenvalue weighted by atomic mass is 9.84. The number of nitrogens with zero attached hydrogens (tertiary/aromatic N) is 3. The molecule has 1 N–H and O–H groups in total. The summed E-state index contributed by atoms with van der Waals surface area (Å²) in [4.78, 5) is 19.0. The van der Waals surface area contributed by atoms with E-state index in [9.17, 15) is 13.6 Å². The number of hydrogen-bond acceptors (Lipinski definition) is 4. The molecule has 1 aromatic heterocycles. The molecule has 1 atom stereocenters. The molecule has 1 unspecified atom stereocenters. The highest BCUT2D eigenvalue weighted by Crippen LogP contribution is 2.37. The van der Waals surface area contributed by atoms with Gasteiger partial charge in [-0.3, -0.25) is 9.69 Å². The van der Waals surface area contributed by atoms with E-state index < -0.39 is 12.5 Å². The molecule has 1 aliphatic heterocycles. The van der Waals surface area contributed by atoms with Gasteiger partial charge in [-0.05, 0) is 38.3 Å². The van der Waals surface area contributed by atoms with Gasteiger partial charge in [0.25, 0.3) is 6.43 Å². The number of rotatable bonds is 7. The number of anilines is 2. The van der Waals surface area contributed by atoms with Crippen LogP contribution < -0.4 is 15.0 Å². The molecular weight excluding hydrogens is 390 g/mol. The van der Waals surface area contributed by atoms with Gasteiger partial charge in [0.05, 0.1) is 18.2 Å². The Balaban J connectivity index is 1.74. The van der Waals surface area contributed by atoms with Crippen molar-refractivity contribution < 1.29 is 18.3 Å². The Hall–Kier alpha value is -2.64. The fraction of sp³-hybridized carbons (Fsp3) is 0.545. The summed E-state index contributed by atoms with van der Waals surface area (Å²) in [6.45, 7) is 5.47. The summed E-state index contributed by atoms with van der Waals surface area (Å²) in [5.74, 6) is 1.22. The summed E-state index contributed by atoms with van der Waals surface area (Å²) < 4.78 is 35.5. The molecule has 2 aliphatic rings. The van der Waals surface area contributed by atoms with Gasteiger partial charge in [-0.1, -0.05) is 13.3 Å². The van der Waals surface area contributed by atoms with Gasteiger partial charge in [0.1, 0.15) is 18.2 Å². The predicted molar refractivity (Wildman–Crippen MR) is 112 cm³/mol. The van der Waals surface area contributed by atoms with Gasteiger partial charge in [-0.2, -0.15) is 0 Å². The van der Waals surface area contributed by atoms with E-state index >= 15 is 0 Å². The number of halogens is 2. The van der Waals surface area contributed by atoms with E-state index in [1.165, 1.54) is 4.90 Å². The molecule has 6 nitrogen and oxygen atoms in total. The van der Waals surface area contributed by atoms with Gasteiger partial charge in [0, 0.05) is 30.4 Å². The normalized spacial score (nSPS) is 16.7. The van der Waals surface area contributed by atoms with Crippen LogP contribution in [0.4, 0.5) is 20.3 Å². The lowest BCUT2D eigenvalue weighted by molar-refractivity contribution is -0.126. The SMILES string of the molecule is CCNc1ccc2c(c1)OCCn1cc(N(C(=O)C3CCC3)C(CC)C(F)F)nc1-2. The van der Waals surface area contributed by atoms with Crippen molar-refractivity contribution in [2.45, 2.75) is 58.5 Å². The first kappa shape index (κ1) is 20.6. The van der Waals surface area contributed by atoms with Crippen molar-refractivity contribution in [2.75, 3.05) is 23.4 Å². The molecule has 0 spiro atoms. The molecule has 1 saturated carbocycles. The Kier molecular flexibility index (Phi) is 5.92. The standard InChI is InChI=1S/C22H28F2N4O2/c1-3-17(20(23)24)28(22(29)14-6-5-7-14)19-13-27-10-11-30-18-12-15(25-4-2)8-9-16(18)21(27)26-19/h8-9,12-14,17,20,25H,3-7,10-11H2,1-2H3. The zero-order valence-electron chi connectivity index (χ0n) is 17.4. The molecular formula is C22H28F2N4O2. The predicted octanol–water partition coefficient (Wildman–Crippen LogP) is 4.55. The Morgan fingerprint density at radius 3 is 2.80 bits per heavy atom. The monoisotopic (exact) mass is 418 g/mol. The molecule has 0 bridgehead atoms. The summed E-state index contributed by atoms with van der Waals surface area (Å²) in [5, 5.41) is 3.26. The maximum absolute atomic E-state index is 13.8. The number of imidazole rings is 1. The molecule has 1 amide bonds. The van der Waals surface area contributed by atoms with Crippen LogP contribution >= 0.6 is 0 Å². The quantitative estimate of drug-likeness (QED) is 0.717. The van der Waals surface area contributed by atoms with Crippen molar-refractivity contribution in [3.05, 3.63) is 24.4 Å². The minimum Gasteiger partial charge on any atom is -0.491 e. The number of carbonyl (C=O) groups is 1. The highest BCUT2D eigenvalue weighted by Gasteiger charge is 2.38. The highest BCUT2D eigenvalue weighted by molar-refractivity contribution is 5.95. The molecule has 0 radical (unpaired) electrons. The van der Waals surface area contributed by atoms with Gasteiger partial charge >= 0.3 is 0 Å². The van der Waals surface area contributed by atoms with E-state index in [1.807, 2.05) is 29.7 Å². The summed E-state index contributed by atoms with van der Waals surface area (Å²) >= 11 is 0. The van der Waals surface area contributed by atoms with Crippen LogP contribution in [0, 0.1) is 5.92 Å². The number of fused-ring (bicyclic) bond motifs is 3. The van der Waals surface area contributed by atoms with Gasteiger partial charge < -0.3 is 14.6 Å². The molecule has 2 aromatic rings. The second-order valence-electron chi connectivity index (χ2n) is 7.85. The van der Waals surface area contributed by atoms with Crippen LogP contribution in [0.25, 0.3) is 11.4 Å². The van der Waals surface area contributed by atoms with E-state index in [0.717, 1.165) is 37.1 Å². The van der Waals surface area contributed by atoms with Crippen LogP contribution in [0.15, 0.2) is 24.4 Å². The maximum Gasteiger partial charge on any atom is 0.259 e. The lowest BCUT2D eigenvalue weighted by Gasteiger charge is -2.35. The third-order valence-corrected chi connectivity index (χ3v) is 5.94. The highest BCUT2D eigenvalue weighted by atomic mass is 19.3. The molecule has 1 aromatic carbocycles. The van der Waals surface area contributed by atoms with E-state index in [1.54, 1.807) is 13.1 Å². The van der Waals surface area contributed by atoms with Crippen LogP contribution in [0.1, 0.15) is 39.5 Å². The summed E-state index contributed by atoms with van der Waals surface area (Å²) in [6.07, 6.45) is 1.74. The summed E-state index contributed by atoms with van der Waals surface area (Å²) in [6, 6.07) is 4.61. The van der Waals surface area contributed by atoms with Crippen molar-refractivity contribution >= 4 is 17.4 Å². The summed E-state index contributed by atoms with van der Waals surface area (Å²) in [7, 11) is 0. The third-order valence-electron chi connectivity index (χ3n) is 5.94. The van der Waals surface area contributed by atoms with E-state index in [-0.39, 0.29) is 18.2 Å². The molecule has 1 fully saturated rings. The summed E-state index contributed by atoms with van der Waals surface area (Å²) in [5.41, 5.74) is 1.74. The first-order valence-electron chi connectivity index (χ1n) is 10.7. The minimum atomic E-state index is -2.63. The first-order valence-corrected chi connectivity index (χ1v) is 10.7. The van der Waals surface area contributed by atoms with Crippen LogP contribution in [0.2, 0.25) is 0 Å². The Morgan fingerprint density at radius 2 is 2.17 bits per heavy atom. The van der Waals surface area contributed by atoms with Crippen molar-refractivity contribution in [2.24, 2.45) is 5.92 Å². The Bertz CT molecular complexity index is 911. The first-order chi connectivity index (χ1) is 14.5. The van der Waals surface area contributed by atoms with Gasteiger partial charge in [-0.25, -0.2) is 13.8 Å². The fourth-order valence-corrected chi connectivity index (χ4v) is 4.07. The maximum atomic E-state index is 13.8. The van der Waals surface area contributed by atoms with Crippen molar-refractivity contribution in [1.29, 1.82) is 0 Å². The number of carbonyl (C=O) groups excluding carboxylic acids is 1. The van der Waals surface area contributed by atoms with Gasteiger partial charge in [0.2, 0.25) is 5.91 Å². The second-order valence-corrected chi connectivity index (χ2v) is 7.85.